The van der Waals surface area contributed by atoms with Gasteiger partial charge in [0, 0.05) is 37.0 Å². The number of rotatable bonds is 5. The van der Waals surface area contributed by atoms with Gasteiger partial charge in [0.25, 0.3) is 0 Å². The van der Waals surface area contributed by atoms with Crippen LogP contribution in [-0.2, 0) is 19.5 Å². The molecule has 4 rings (SSSR count). The number of fused-ring (bicyclic) bond motifs is 1. The van der Waals surface area contributed by atoms with E-state index in [0.29, 0.717) is 12.0 Å². The second-order valence-corrected chi connectivity index (χ2v) is 7.04. The number of aryl methyl sites for hydroxylation is 2. The van der Waals surface area contributed by atoms with Crippen molar-refractivity contribution >= 4 is 0 Å². The minimum atomic E-state index is 0.391. The van der Waals surface area contributed by atoms with Crippen LogP contribution in [0.1, 0.15) is 49.2 Å². The van der Waals surface area contributed by atoms with Crippen molar-refractivity contribution in [3.8, 4) is 11.5 Å². The van der Waals surface area contributed by atoms with Crippen LogP contribution in [0.15, 0.2) is 22.7 Å². The molecule has 0 aliphatic carbocycles. The fraction of sp³-hybridized carbons (Fsp3) is 0.500. The van der Waals surface area contributed by atoms with Gasteiger partial charge in [-0.25, -0.2) is 0 Å². The summed E-state index contributed by atoms with van der Waals surface area (Å²) in [5.74, 6) is 4.31. The van der Waals surface area contributed by atoms with Crippen LogP contribution in [0, 0.1) is 6.92 Å². The molecule has 0 amide bonds. The van der Waals surface area contributed by atoms with Crippen molar-refractivity contribution in [2.24, 2.45) is 0 Å². The van der Waals surface area contributed by atoms with Gasteiger partial charge in [0.2, 0.25) is 0 Å². The van der Waals surface area contributed by atoms with Gasteiger partial charge in [0.1, 0.15) is 23.1 Å². The standard InChI is InChI=1S/C18H24N6O/c1-11(2)18-23-21-16-7-5-14(10-24(16)18)19-8-13-9-20-22-17(13)15-6-4-12(3)25-15/h4,6,9,11,14,19H,5,7-8,10H2,1-3H3,(H,20,22)/t14-/m0/s1. The van der Waals surface area contributed by atoms with E-state index < -0.39 is 0 Å². The minimum Gasteiger partial charge on any atom is -0.460 e. The lowest BCUT2D eigenvalue weighted by molar-refractivity contribution is 0.370. The molecule has 0 aromatic carbocycles. The van der Waals surface area contributed by atoms with E-state index in [4.69, 9.17) is 4.42 Å². The molecule has 1 atom stereocenters. The van der Waals surface area contributed by atoms with Crippen LogP contribution in [0.2, 0.25) is 0 Å². The summed E-state index contributed by atoms with van der Waals surface area (Å²) in [4.78, 5) is 0. The molecule has 0 saturated carbocycles. The molecule has 1 aliphatic rings. The van der Waals surface area contributed by atoms with Crippen LogP contribution in [-0.4, -0.2) is 31.0 Å². The highest BCUT2D eigenvalue weighted by molar-refractivity contribution is 5.56. The lowest BCUT2D eigenvalue weighted by Gasteiger charge is -2.26. The molecule has 3 aromatic heterocycles. The van der Waals surface area contributed by atoms with Crippen LogP contribution in [0.4, 0.5) is 0 Å². The predicted octanol–water partition coefficient (Wildman–Crippen LogP) is 2.80. The van der Waals surface area contributed by atoms with E-state index in [1.165, 1.54) is 0 Å². The third-order valence-electron chi connectivity index (χ3n) is 4.78. The average Bonchev–Trinajstić information content (AvgIpc) is 3.31. The number of hydrogen-bond donors (Lipinski definition) is 2. The zero-order valence-corrected chi connectivity index (χ0v) is 14.9. The zero-order chi connectivity index (χ0) is 17.4. The Labute approximate surface area is 146 Å². The smallest absolute Gasteiger partial charge is 0.152 e. The van der Waals surface area contributed by atoms with E-state index in [-0.39, 0.29) is 0 Å². The first-order valence-electron chi connectivity index (χ1n) is 8.86. The molecular formula is C18H24N6O. The summed E-state index contributed by atoms with van der Waals surface area (Å²) in [6, 6.07) is 4.35. The Morgan fingerprint density at radius 1 is 1.36 bits per heavy atom. The largest absolute Gasteiger partial charge is 0.460 e. The summed E-state index contributed by atoms with van der Waals surface area (Å²) in [5.41, 5.74) is 2.07. The first-order chi connectivity index (χ1) is 12.1. The third-order valence-corrected chi connectivity index (χ3v) is 4.78. The number of nitrogens with zero attached hydrogens (tertiary/aromatic N) is 4. The Kier molecular flexibility index (Phi) is 4.17. The van der Waals surface area contributed by atoms with Crippen LogP contribution < -0.4 is 5.32 Å². The maximum absolute atomic E-state index is 5.72. The highest BCUT2D eigenvalue weighted by Crippen LogP contribution is 2.24. The van der Waals surface area contributed by atoms with Gasteiger partial charge < -0.3 is 14.3 Å². The van der Waals surface area contributed by atoms with Gasteiger partial charge in [-0.05, 0) is 25.5 Å². The molecule has 7 nitrogen and oxygen atoms in total. The molecule has 0 bridgehead atoms. The second kappa shape index (κ2) is 6.48. The predicted molar refractivity (Wildman–Crippen MR) is 94.1 cm³/mol. The maximum Gasteiger partial charge on any atom is 0.152 e. The SMILES string of the molecule is Cc1ccc(-c2[nH]ncc2CN[C@H]2CCc3nnc(C(C)C)n3C2)o1. The van der Waals surface area contributed by atoms with Gasteiger partial charge >= 0.3 is 0 Å². The number of nitrogens with one attached hydrogen (secondary N) is 2. The van der Waals surface area contributed by atoms with Crippen LogP contribution in [0.3, 0.4) is 0 Å². The van der Waals surface area contributed by atoms with E-state index in [2.05, 4.69) is 44.1 Å². The molecule has 2 N–H and O–H groups in total. The summed E-state index contributed by atoms with van der Waals surface area (Å²) < 4.78 is 7.99. The molecular weight excluding hydrogens is 316 g/mol. The number of H-pyrrole nitrogens is 1. The Morgan fingerprint density at radius 2 is 2.24 bits per heavy atom. The molecule has 7 heteroatoms. The summed E-state index contributed by atoms with van der Waals surface area (Å²) in [6.45, 7) is 7.95. The molecule has 0 fully saturated rings. The number of furan rings is 1. The molecule has 0 saturated heterocycles. The van der Waals surface area contributed by atoms with Crippen molar-refractivity contribution in [3.05, 3.63) is 41.3 Å². The monoisotopic (exact) mass is 340 g/mol. The quantitative estimate of drug-likeness (QED) is 0.746. The molecule has 1 aliphatic heterocycles. The molecule has 3 aromatic rings. The molecule has 132 valence electrons. The highest BCUT2D eigenvalue weighted by atomic mass is 16.3. The molecule has 25 heavy (non-hydrogen) atoms. The third kappa shape index (κ3) is 3.11. The first kappa shape index (κ1) is 16.1. The minimum absolute atomic E-state index is 0.391. The van der Waals surface area contributed by atoms with E-state index in [0.717, 1.165) is 60.4 Å². The van der Waals surface area contributed by atoms with Crippen molar-refractivity contribution in [2.75, 3.05) is 0 Å². The van der Waals surface area contributed by atoms with Crippen molar-refractivity contribution in [3.63, 3.8) is 0 Å². The topological polar surface area (TPSA) is 84.6 Å². The number of aromatic nitrogens is 5. The molecule has 0 unspecified atom stereocenters. The lowest BCUT2D eigenvalue weighted by Crippen LogP contribution is -2.37. The average molecular weight is 340 g/mol. The molecule has 0 radical (unpaired) electrons. The van der Waals surface area contributed by atoms with Gasteiger partial charge in [-0.1, -0.05) is 13.8 Å². The van der Waals surface area contributed by atoms with Crippen molar-refractivity contribution in [1.82, 2.24) is 30.3 Å². The Bertz CT molecular complexity index is 859. The molecule has 4 heterocycles. The Hall–Kier alpha value is -2.41. The van der Waals surface area contributed by atoms with Crippen molar-refractivity contribution in [2.45, 2.75) is 58.7 Å². The summed E-state index contributed by atoms with van der Waals surface area (Å²) in [7, 11) is 0. The summed E-state index contributed by atoms with van der Waals surface area (Å²) in [5, 5.41) is 19.6. The summed E-state index contributed by atoms with van der Waals surface area (Å²) in [6.07, 6.45) is 3.91. The fourth-order valence-corrected chi connectivity index (χ4v) is 3.42. The lowest BCUT2D eigenvalue weighted by atomic mass is 10.1. The van der Waals surface area contributed by atoms with Crippen LogP contribution in [0.5, 0.6) is 0 Å². The van der Waals surface area contributed by atoms with E-state index in [1.54, 1.807) is 0 Å². The normalized spacial score (nSPS) is 17.2. The maximum atomic E-state index is 5.72. The number of hydrogen-bond acceptors (Lipinski definition) is 5. The van der Waals surface area contributed by atoms with Crippen molar-refractivity contribution < 1.29 is 4.42 Å². The van der Waals surface area contributed by atoms with Gasteiger partial charge in [-0.2, -0.15) is 5.10 Å². The van der Waals surface area contributed by atoms with Gasteiger partial charge in [0.15, 0.2) is 5.76 Å². The van der Waals surface area contributed by atoms with Crippen LogP contribution >= 0.6 is 0 Å². The Balaban J connectivity index is 1.45. The van der Waals surface area contributed by atoms with Crippen LogP contribution in [0.25, 0.3) is 11.5 Å². The van der Waals surface area contributed by atoms with Gasteiger partial charge in [0.05, 0.1) is 6.20 Å². The van der Waals surface area contributed by atoms with Gasteiger partial charge in [-0.3, -0.25) is 5.10 Å². The van der Waals surface area contributed by atoms with E-state index in [1.807, 2.05) is 25.3 Å². The second-order valence-electron chi connectivity index (χ2n) is 7.04. The number of aromatic amines is 1. The highest BCUT2D eigenvalue weighted by Gasteiger charge is 2.24. The van der Waals surface area contributed by atoms with Gasteiger partial charge in [-0.15, -0.1) is 10.2 Å². The Morgan fingerprint density at radius 3 is 3.00 bits per heavy atom. The van der Waals surface area contributed by atoms with E-state index >= 15 is 0 Å². The van der Waals surface area contributed by atoms with Crippen molar-refractivity contribution in [1.29, 1.82) is 0 Å². The zero-order valence-electron chi connectivity index (χ0n) is 14.9. The van der Waals surface area contributed by atoms with E-state index in [9.17, 15) is 0 Å². The first-order valence-corrected chi connectivity index (χ1v) is 8.86. The fourth-order valence-electron chi connectivity index (χ4n) is 3.42. The molecule has 0 spiro atoms. The summed E-state index contributed by atoms with van der Waals surface area (Å²) >= 11 is 0.